The Kier molecular flexibility index (Phi) is 33.7. The van der Waals surface area contributed by atoms with E-state index in [-0.39, 0.29) is 32.1 Å². The summed E-state index contributed by atoms with van der Waals surface area (Å²) in [5, 5.41) is 22.5. The quantitative estimate of drug-likeness (QED) is 0.0217. The number of aliphatic hydroxyl groups is 2. The van der Waals surface area contributed by atoms with Crippen LogP contribution in [0, 0.1) is 0 Å². The molecular weight excluding hydrogens is 675 g/mol. The number of hydrogen-bond donors (Lipinski definition) is 4. The highest BCUT2D eigenvalue weighted by Crippen LogP contribution is 2.43. The number of nitrogens with one attached hydrogen (secondary N) is 1. The Hall–Kier alpha value is -1.84. The van der Waals surface area contributed by atoms with Gasteiger partial charge in [-0.3, -0.25) is 13.8 Å². The van der Waals surface area contributed by atoms with E-state index >= 15 is 0 Å². The minimum absolute atomic E-state index is 0.0437. The van der Waals surface area contributed by atoms with Crippen molar-refractivity contribution < 1.29 is 38.0 Å². The number of aliphatic hydroxyl groups excluding tert-OH is 2. The molecule has 4 N–H and O–H groups in total. The highest BCUT2D eigenvalue weighted by molar-refractivity contribution is 7.47. The third-order valence-corrected chi connectivity index (χ3v) is 9.52. The molecular formula is C42H78N2O7P+. The Morgan fingerprint density at radius 3 is 1.71 bits per heavy atom. The van der Waals surface area contributed by atoms with Gasteiger partial charge in [-0.15, -0.1) is 0 Å². The molecule has 0 saturated carbocycles. The van der Waals surface area contributed by atoms with Crippen LogP contribution >= 0.6 is 7.82 Å². The molecule has 0 radical (unpaired) electrons. The van der Waals surface area contributed by atoms with Gasteiger partial charge >= 0.3 is 7.82 Å². The number of phosphoric ester groups is 1. The van der Waals surface area contributed by atoms with Crippen molar-refractivity contribution >= 4 is 13.7 Å². The number of rotatable bonds is 36. The van der Waals surface area contributed by atoms with E-state index < -0.39 is 20.0 Å². The molecule has 9 nitrogen and oxygen atoms in total. The van der Waals surface area contributed by atoms with Gasteiger partial charge in [-0.1, -0.05) is 132 Å². The molecule has 0 aliphatic carbocycles. The van der Waals surface area contributed by atoms with Crippen molar-refractivity contribution in [1.82, 2.24) is 5.32 Å². The van der Waals surface area contributed by atoms with E-state index in [0.717, 1.165) is 70.6 Å². The number of carbonyl (C=O) groups is 1. The lowest BCUT2D eigenvalue weighted by atomic mass is 10.1. The molecule has 3 atom stereocenters. The Bertz CT molecular complexity index is 1040. The third-order valence-electron chi connectivity index (χ3n) is 8.54. The Labute approximate surface area is 318 Å². The van der Waals surface area contributed by atoms with Gasteiger partial charge in [-0.2, -0.15) is 0 Å². The average molecular weight is 754 g/mol. The zero-order valence-electron chi connectivity index (χ0n) is 33.5. The number of quaternary nitrogens is 1. The molecule has 0 fully saturated rings. The maximum absolute atomic E-state index is 12.8. The average Bonchev–Trinajstić information content (AvgIpc) is 3.09. The second-order valence-electron chi connectivity index (χ2n) is 14.7. The van der Waals surface area contributed by atoms with Gasteiger partial charge in [0.15, 0.2) is 0 Å². The van der Waals surface area contributed by atoms with Crippen molar-refractivity contribution in [2.24, 2.45) is 0 Å². The zero-order valence-corrected chi connectivity index (χ0v) is 34.4. The first-order valence-corrected chi connectivity index (χ1v) is 21.8. The molecule has 0 spiro atoms. The largest absolute Gasteiger partial charge is 0.472 e. The van der Waals surface area contributed by atoms with Crippen molar-refractivity contribution in [3.8, 4) is 0 Å². The van der Waals surface area contributed by atoms with E-state index in [4.69, 9.17) is 14.2 Å². The van der Waals surface area contributed by atoms with Gasteiger partial charge < -0.3 is 24.9 Å². The van der Waals surface area contributed by atoms with Gasteiger partial charge in [0.2, 0.25) is 5.91 Å². The summed E-state index contributed by atoms with van der Waals surface area (Å²) in [6, 6.07) is -0.882. The number of amides is 1. The van der Waals surface area contributed by atoms with Crippen molar-refractivity contribution in [3.63, 3.8) is 0 Å². The number of hydrogen-bond acceptors (Lipinski definition) is 6. The van der Waals surface area contributed by atoms with Crippen molar-refractivity contribution in [2.75, 3.05) is 47.5 Å². The predicted molar refractivity (Wildman–Crippen MR) is 218 cm³/mol. The van der Waals surface area contributed by atoms with Crippen LogP contribution in [0.4, 0.5) is 0 Å². The molecule has 52 heavy (non-hydrogen) atoms. The molecule has 0 bridgehead atoms. The lowest BCUT2D eigenvalue weighted by Crippen LogP contribution is -2.45. The van der Waals surface area contributed by atoms with Gasteiger partial charge in [-0.25, -0.2) is 4.57 Å². The molecule has 0 aliphatic heterocycles. The normalized spacial score (nSPS) is 15.1. The minimum atomic E-state index is -4.35. The number of allylic oxidation sites excluding steroid dienone is 9. The fourth-order valence-corrected chi connectivity index (χ4v) is 5.98. The SMILES string of the molecule is CCCCCCCCCCCC/C=C/[C@@H](O)[C@H](COP(=O)(O)OCC[N+](C)(C)C)NC(=O)CCC/C=C\C/C=C\C/C=C\C/C=C\CCCCCO. The summed E-state index contributed by atoms with van der Waals surface area (Å²) in [5.74, 6) is -0.244. The molecule has 10 heteroatoms. The molecule has 0 aromatic carbocycles. The fraction of sp³-hybridized carbons (Fsp3) is 0.738. The molecule has 0 aromatic rings. The van der Waals surface area contributed by atoms with Crippen LogP contribution in [0.2, 0.25) is 0 Å². The number of carbonyl (C=O) groups excluding carboxylic acids is 1. The first kappa shape index (κ1) is 50.2. The van der Waals surface area contributed by atoms with E-state index in [2.05, 4.69) is 60.8 Å². The van der Waals surface area contributed by atoms with Crippen molar-refractivity contribution in [1.29, 1.82) is 0 Å². The van der Waals surface area contributed by atoms with Crippen LogP contribution in [0.5, 0.6) is 0 Å². The van der Waals surface area contributed by atoms with E-state index in [1.165, 1.54) is 51.4 Å². The maximum atomic E-state index is 12.8. The van der Waals surface area contributed by atoms with E-state index in [1.807, 2.05) is 27.2 Å². The summed E-state index contributed by atoms with van der Waals surface area (Å²) >= 11 is 0. The number of likely N-dealkylation sites (N-methyl/N-ethyl adjacent to an activating group) is 1. The van der Waals surface area contributed by atoms with Gasteiger partial charge in [0, 0.05) is 13.0 Å². The Balaban J connectivity index is 4.59. The van der Waals surface area contributed by atoms with Gasteiger partial charge in [0.1, 0.15) is 13.2 Å². The van der Waals surface area contributed by atoms with Crippen molar-refractivity contribution in [2.45, 2.75) is 154 Å². The second kappa shape index (κ2) is 34.9. The van der Waals surface area contributed by atoms with Crippen LogP contribution in [0.1, 0.15) is 142 Å². The number of nitrogens with zero attached hydrogens (tertiary/aromatic N) is 1. The first-order chi connectivity index (χ1) is 25.0. The molecule has 0 rings (SSSR count). The molecule has 1 unspecified atom stereocenters. The standard InChI is InChI=1S/C42H77N2O7P/c1-5-6-7-8-9-10-11-19-22-25-28-31-34-41(46)40(39-51-52(48,49)50-38-36-44(2,3)4)43-42(47)35-32-29-26-23-20-17-15-13-12-14-16-18-21-24-27-30-33-37-45/h12,14-15,17-18,21,23,26,31,34,40-41,45-46H,5-11,13,16,19-20,22,24-25,27-30,32-33,35-39H2,1-4H3,(H-,43,47,48,49)/p+1/b14-12-,17-15-,21-18-,26-23-,34-31+/t40-,41+/m0/s1. The van der Waals surface area contributed by atoms with Gasteiger partial charge in [0.25, 0.3) is 0 Å². The Morgan fingerprint density at radius 2 is 1.17 bits per heavy atom. The van der Waals surface area contributed by atoms with E-state index in [0.29, 0.717) is 17.4 Å². The predicted octanol–water partition coefficient (Wildman–Crippen LogP) is 9.66. The molecule has 0 aromatic heterocycles. The zero-order chi connectivity index (χ0) is 38.6. The summed E-state index contributed by atoms with van der Waals surface area (Å²) in [6.45, 7) is 2.74. The lowest BCUT2D eigenvalue weighted by molar-refractivity contribution is -0.870. The number of unbranched alkanes of at least 4 members (excludes halogenated alkanes) is 14. The third kappa shape index (κ3) is 36.5. The summed E-state index contributed by atoms with van der Waals surface area (Å²) in [5.41, 5.74) is 0. The first-order valence-electron chi connectivity index (χ1n) is 20.3. The topological polar surface area (TPSA) is 125 Å². The van der Waals surface area contributed by atoms with Gasteiger partial charge in [0.05, 0.1) is 39.9 Å². The minimum Gasteiger partial charge on any atom is -0.396 e. The van der Waals surface area contributed by atoms with Crippen LogP contribution in [-0.2, 0) is 18.4 Å². The molecule has 0 heterocycles. The van der Waals surface area contributed by atoms with Crippen LogP contribution < -0.4 is 5.32 Å². The highest BCUT2D eigenvalue weighted by Gasteiger charge is 2.27. The van der Waals surface area contributed by atoms with Crippen molar-refractivity contribution in [3.05, 3.63) is 60.8 Å². The Morgan fingerprint density at radius 1 is 0.692 bits per heavy atom. The van der Waals surface area contributed by atoms with Crippen LogP contribution in [0.3, 0.4) is 0 Å². The maximum Gasteiger partial charge on any atom is 0.472 e. The molecule has 302 valence electrons. The van der Waals surface area contributed by atoms with E-state index in [9.17, 15) is 19.4 Å². The molecule has 1 amide bonds. The summed E-state index contributed by atoms with van der Waals surface area (Å²) in [4.78, 5) is 23.0. The molecule has 0 aliphatic rings. The monoisotopic (exact) mass is 754 g/mol. The second-order valence-corrected chi connectivity index (χ2v) is 16.2. The highest BCUT2D eigenvalue weighted by atomic mass is 31.2. The van der Waals surface area contributed by atoms with Gasteiger partial charge in [-0.05, 0) is 64.2 Å². The summed E-state index contributed by atoms with van der Waals surface area (Å²) < 4.78 is 23.4. The number of phosphoric acid groups is 1. The summed E-state index contributed by atoms with van der Waals surface area (Å²) in [6.07, 6.45) is 41.6. The summed E-state index contributed by atoms with van der Waals surface area (Å²) in [7, 11) is 1.51. The van der Waals surface area contributed by atoms with E-state index in [1.54, 1.807) is 6.08 Å². The fourth-order valence-electron chi connectivity index (χ4n) is 5.25. The van der Waals surface area contributed by atoms with Crippen LogP contribution in [-0.4, -0.2) is 85.2 Å². The van der Waals surface area contributed by atoms with Crippen LogP contribution in [0.25, 0.3) is 0 Å². The smallest absolute Gasteiger partial charge is 0.396 e. The molecule has 0 saturated heterocycles. The lowest BCUT2D eigenvalue weighted by Gasteiger charge is -2.25. The van der Waals surface area contributed by atoms with Crippen LogP contribution in [0.15, 0.2) is 60.8 Å².